The highest BCUT2D eigenvalue weighted by Gasteiger charge is 2.08. The van der Waals surface area contributed by atoms with Gasteiger partial charge in [0.15, 0.2) is 5.76 Å². The Bertz CT molecular complexity index is 764. The first kappa shape index (κ1) is 15.3. The predicted molar refractivity (Wildman–Crippen MR) is 88.9 cm³/mol. The van der Waals surface area contributed by atoms with E-state index >= 15 is 0 Å². The highest BCUT2D eigenvalue weighted by atomic mass is 32.1. The lowest BCUT2D eigenvalue weighted by molar-refractivity contribution is 0.0996. The van der Waals surface area contributed by atoms with Gasteiger partial charge in [0.1, 0.15) is 12.4 Å². The Hall–Kier alpha value is -2.60. The number of rotatable bonds is 6. The molecule has 1 aromatic carbocycles. The molecule has 0 saturated heterocycles. The zero-order chi connectivity index (χ0) is 16.1. The van der Waals surface area contributed by atoms with Crippen LogP contribution >= 0.6 is 11.3 Å². The van der Waals surface area contributed by atoms with E-state index in [-0.39, 0.29) is 11.7 Å². The van der Waals surface area contributed by atoms with E-state index < -0.39 is 0 Å². The summed E-state index contributed by atoms with van der Waals surface area (Å²) in [7, 11) is 0. The minimum absolute atomic E-state index is 0.278. The van der Waals surface area contributed by atoms with Crippen molar-refractivity contribution in [3.05, 3.63) is 64.5 Å². The number of carbonyl (C=O) groups excluding carboxylic acids is 1. The van der Waals surface area contributed by atoms with Crippen molar-refractivity contribution in [3.8, 4) is 5.75 Å². The molecule has 2 aromatic heterocycles. The van der Waals surface area contributed by atoms with Crippen LogP contribution in [0.1, 0.15) is 28.2 Å². The summed E-state index contributed by atoms with van der Waals surface area (Å²) in [6, 6.07) is 10.5. The highest BCUT2D eigenvalue weighted by molar-refractivity contribution is 7.09. The Morgan fingerprint density at radius 2 is 2.13 bits per heavy atom. The number of aryl methyl sites for hydroxylation is 1. The molecule has 0 bridgehead atoms. The minimum Gasteiger partial charge on any atom is -0.487 e. The van der Waals surface area contributed by atoms with Crippen LogP contribution in [0.15, 0.2) is 52.5 Å². The van der Waals surface area contributed by atoms with E-state index in [1.165, 1.54) is 6.26 Å². The van der Waals surface area contributed by atoms with Crippen molar-refractivity contribution in [2.45, 2.75) is 20.0 Å². The van der Waals surface area contributed by atoms with Gasteiger partial charge in [-0.3, -0.25) is 4.79 Å². The third kappa shape index (κ3) is 3.98. The third-order valence-corrected chi connectivity index (χ3v) is 4.19. The molecule has 2 heterocycles. The number of amides is 1. The summed E-state index contributed by atoms with van der Waals surface area (Å²) in [5, 5.41) is 5.88. The highest BCUT2D eigenvalue weighted by Crippen LogP contribution is 2.18. The quantitative estimate of drug-likeness (QED) is 0.739. The number of nitrogens with one attached hydrogen (secondary N) is 1. The second-order valence-corrected chi connectivity index (χ2v) is 5.77. The lowest BCUT2D eigenvalue weighted by atomic mass is 10.3. The Labute approximate surface area is 137 Å². The average molecular weight is 328 g/mol. The van der Waals surface area contributed by atoms with Crippen LogP contribution in [-0.4, -0.2) is 10.9 Å². The Kier molecular flexibility index (Phi) is 4.73. The molecule has 0 fully saturated rings. The van der Waals surface area contributed by atoms with Crippen LogP contribution in [0.2, 0.25) is 0 Å². The molecule has 1 amide bonds. The molecular formula is C17H16N2O3S. The number of ether oxygens (including phenoxy) is 1. The van der Waals surface area contributed by atoms with E-state index in [4.69, 9.17) is 9.15 Å². The number of thiazole rings is 1. The SMILES string of the molecule is CCc1nc(COc2ccc(NC(=O)c3ccco3)cc2)cs1. The van der Waals surface area contributed by atoms with Gasteiger partial charge >= 0.3 is 0 Å². The van der Waals surface area contributed by atoms with E-state index in [1.807, 2.05) is 17.5 Å². The number of hydrogen-bond donors (Lipinski definition) is 1. The van der Waals surface area contributed by atoms with Gasteiger partial charge in [0.2, 0.25) is 0 Å². The second kappa shape index (κ2) is 7.11. The van der Waals surface area contributed by atoms with E-state index in [1.54, 1.807) is 35.6 Å². The molecule has 3 aromatic rings. The van der Waals surface area contributed by atoms with Gasteiger partial charge in [-0.25, -0.2) is 4.98 Å². The molecule has 0 unspecified atom stereocenters. The van der Waals surface area contributed by atoms with Crippen LogP contribution in [0.25, 0.3) is 0 Å². The lowest BCUT2D eigenvalue weighted by Crippen LogP contribution is -2.10. The van der Waals surface area contributed by atoms with Crippen molar-refractivity contribution >= 4 is 22.9 Å². The van der Waals surface area contributed by atoms with Gasteiger partial charge in [0.05, 0.1) is 17.0 Å². The minimum atomic E-state index is -0.279. The maximum Gasteiger partial charge on any atom is 0.291 e. The van der Waals surface area contributed by atoms with Crippen LogP contribution in [0, 0.1) is 0 Å². The van der Waals surface area contributed by atoms with E-state index in [0.29, 0.717) is 12.3 Å². The van der Waals surface area contributed by atoms with Crippen LogP contribution in [-0.2, 0) is 13.0 Å². The first-order valence-electron chi connectivity index (χ1n) is 7.25. The van der Waals surface area contributed by atoms with E-state index in [9.17, 15) is 4.79 Å². The fraction of sp³-hybridized carbons (Fsp3) is 0.176. The van der Waals surface area contributed by atoms with Crippen LogP contribution < -0.4 is 10.1 Å². The molecule has 0 saturated carbocycles. The molecule has 0 aliphatic rings. The lowest BCUT2D eigenvalue weighted by Gasteiger charge is -2.06. The average Bonchev–Trinajstić information content (AvgIpc) is 3.26. The summed E-state index contributed by atoms with van der Waals surface area (Å²) < 4.78 is 10.7. The Morgan fingerprint density at radius 3 is 2.78 bits per heavy atom. The third-order valence-electron chi connectivity index (χ3n) is 3.15. The summed E-state index contributed by atoms with van der Waals surface area (Å²) in [6.07, 6.45) is 2.41. The van der Waals surface area contributed by atoms with Gasteiger partial charge in [0, 0.05) is 11.1 Å². The monoisotopic (exact) mass is 328 g/mol. The number of nitrogens with zero attached hydrogens (tertiary/aromatic N) is 1. The molecule has 0 aliphatic heterocycles. The van der Waals surface area contributed by atoms with Gasteiger partial charge in [-0.05, 0) is 42.8 Å². The number of carbonyl (C=O) groups is 1. The molecule has 0 atom stereocenters. The Balaban J connectivity index is 1.55. The normalized spacial score (nSPS) is 10.5. The van der Waals surface area contributed by atoms with Crippen molar-refractivity contribution < 1.29 is 13.9 Å². The van der Waals surface area contributed by atoms with Gasteiger partial charge in [-0.15, -0.1) is 11.3 Å². The number of furan rings is 1. The molecule has 3 rings (SSSR count). The van der Waals surface area contributed by atoms with Crippen molar-refractivity contribution in [3.63, 3.8) is 0 Å². The fourth-order valence-corrected chi connectivity index (χ4v) is 2.70. The smallest absolute Gasteiger partial charge is 0.291 e. The molecular weight excluding hydrogens is 312 g/mol. The summed E-state index contributed by atoms with van der Waals surface area (Å²) in [4.78, 5) is 16.3. The number of anilines is 1. The van der Waals surface area contributed by atoms with Crippen molar-refractivity contribution in [2.24, 2.45) is 0 Å². The van der Waals surface area contributed by atoms with E-state index in [0.717, 1.165) is 22.9 Å². The standard InChI is InChI=1S/C17H16N2O3S/c1-2-16-18-13(11-23-16)10-22-14-7-5-12(6-8-14)19-17(20)15-4-3-9-21-15/h3-9,11H,2,10H2,1H3,(H,19,20). The van der Waals surface area contributed by atoms with Crippen molar-refractivity contribution in [1.29, 1.82) is 0 Å². The van der Waals surface area contributed by atoms with Gasteiger partial charge in [-0.2, -0.15) is 0 Å². The van der Waals surface area contributed by atoms with Crippen LogP contribution in [0.3, 0.4) is 0 Å². The molecule has 1 N–H and O–H groups in total. The maximum absolute atomic E-state index is 11.9. The molecule has 23 heavy (non-hydrogen) atoms. The van der Waals surface area contributed by atoms with E-state index in [2.05, 4.69) is 17.2 Å². The first-order chi connectivity index (χ1) is 11.2. The molecule has 0 spiro atoms. The fourth-order valence-electron chi connectivity index (χ4n) is 1.97. The molecule has 118 valence electrons. The maximum atomic E-state index is 11.9. The zero-order valence-electron chi connectivity index (χ0n) is 12.6. The number of aromatic nitrogens is 1. The van der Waals surface area contributed by atoms with Crippen molar-refractivity contribution in [1.82, 2.24) is 4.98 Å². The molecule has 6 heteroatoms. The number of benzene rings is 1. The summed E-state index contributed by atoms with van der Waals surface area (Å²) in [6.45, 7) is 2.52. The first-order valence-corrected chi connectivity index (χ1v) is 8.13. The van der Waals surface area contributed by atoms with Crippen LogP contribution in [0.5, 0.6) is 5.75 Å². The second-order valence-electron chi connectivity index (χ2n) is 4.83. The van der Waals surface area contributed by atoms with Gasteiger partial charge < -0.3 is 14.5 Å². The molecule has 0 radical (unpaired) electrons. The van der Waals surface area contributed by atoms with Crippen molar-refractivity contribution in [2.75, 3.05) is 5.32 Å². The number of hydrogen-bond acceptors (Lipinski definition) is 5. The molecule has 0 aliphatic carbocycles. The zero-order valence-corrected chi connectivity index (χ0v) is 13.4. The topological polar surface area (TPSA) is 64.4 Å². The predicted octanol–water partition coefficient (Wildman–Crippen LogP) is 4.13. The Morgan fingerprint density at radius 1 is 1.30 bits per heavy atom. The summed E-state index contributed by atoms with van der Waals surface area (Å²) in [5.41, 5.74) is 1.61. The summed E-state index contributed by atoms with van der Waals surface area (Å²) >= 11 is 1.65. The van der Waals surface area contributed by atoms with Gasteiger partial charge in [-0.1, -0.05) is 6.92 Å². The molecule has 5 nitrogen and oxygen atoms in total. The van der Waals surface area contributed by atoms with Crippen LogP contribution in [0.4, 0.5) is 5.69 Å². The summed E-state index contributed by atoms with van der Waals surface area (Å²) in [5.74, 6) is 0.728. The largest absolute Gasteiger partial charge is 0.487 e. The van der Waals surface area contributed by atoms with Gasteiger partial charge in [0.25, 0.3) is 5.91 Å².